The third kappa shape index (κ3) is 3.15. The van der Waals surface area contributed by atoms with Crippen molar-refractivity contribution in [1.82, 2.24) is 14.6 Å². The van der Waals surface area contributed by atoms with E-state index in [9.17, 15) is 4.79 Å². The van der Waals surface area contributed by atoms with Gasteiger partial charge in [-0.2, -0.15) is 4.37 Å². The molecule has 5 rings (SSSR count). The zero-order chi connectivity index (χ0) is 18.2. The van der Waals surface area contributed by atoms with Crippen LogP contribution in [0.5, 0.6) is 0 Å². The fourth-order valence-corrected chi connectivity index (χ4v) is 5.22. The molecule has 4 nitrogen and oxygen atoms in total. The fourth-order valence-electron chi connectivity index (χ4n) is 4.40. The minimum atomic E-state index is -0.0254. The number of hydrogen-bond acceptors (Lipinski definition) is 4. The molecule has 0 spiro atoms. The van der Waals surface area contributed by atoms with Crippen molar-refractivity contribution in [1.29, 1.82) is 0 Å². The van der Waals surface area contributed by atoms with Crippen molar-refractivity contribution in [2.45, 2.75) is 37.8 Å². The lowest BCUT2D eigenvalue weighted by molar-refractivity contribution is 0.0410. The summed E-state index contributed by atoms with van der Waals surface area (Å²) >= 11 is 1.41. The van der Waals surface area contributed by atoms with Gasteiger partial charge in [0.1, 0.15) is 5.69 Å². The minimum absolute atomic E-state index is 0.0254. The van der Waals surface area contributed by atoms with E-state index in [2.05, 4.69) is 38.9 Å². The molecule has 0 radical (unpaired) electrons. The highest BCUT2D eigenvalue weighted by atomic mass is 32.1. The van der Waals surface area contributed by atoms with Gasteiger partial charge in [0.2, 0.25) is 0 Å². The van der Waals surface area contributed by atoms with Crippen molar-refractivity contribution in [2.75, 3.05) is 13.1 Å². The SMILES string of the molecule is O=C(N[C@@H]1CN2CCCCCC12)c1nsc2cc(-c3ccccc3)ccc12. The Hall–Kier alpha value is -2.24. The molecular formula is C22H23N3OS. The van der Waals surface area contributed by atoms with Crippen LogP contribution >= 0.6 is 11.5 Å². The lowest BCUT2D eigenvalue weighted by Gasteiger charge is -2.47. The second-order valence-corrected chi connectivity index (χ2v) is 8.40. The molecular weight excluding hydrogens is 354 g/mol. The summed E-state index contributed by atoms with van der Waals surface area (Å²) < 4.78 is 5.54. The normalized spacial score (nSPS) is 22.7. The monoisotopic (exact) mass is 377 g/mol. The number of carbonyl (C=O) groups is 1. The summed E-state index contributed by atoms with van der Waals surface area (Å²) in [6.45, 7) is 2.16. The van der Waals surface area contributed by atoms with Crippen LogP contribution < -0.4 is 5.32 Å². The van der Waals surface area contributed by atoms with Crippen molar-refractivity contribution in [3.8, 4) is 11.1 Å². The zero-order valence-electron chi connectivity index (χ0n) is 15.2. The first-order valence-electron chi connectivity index (χ1n) is 9.79. The number of carbonyl (C=O) groups excluding carboxylic acids is 1. The van der Waals surface area contributed by atoms with E-state index in [4.69, 9.17) is 0 Å². The van der Waals surface area contributed by atoms with Crippen molar-refractivity contribution in [3.05, 3.63) is 54.2 Å². The summed E-state index contributed by atoms with van der Waals surface area (Å²) in [6.07, 6.45) is 5.07. The van der Waals surface area contributed by atoms with Gasteiger partial charge in [-0.1, -0.05) is 55.3 Å². The maximum Gasteiger partial charge on any atom is 0.271 e. The lowest BCUT2D eigenvalue weighted by atomic mass is 9.93. The first-order valence-corrected chi connectivity index (χ1v) is 10.6. The van der Waals surface area contributed by atoms with E-state index in [-0.39, 0.29) is 11.9 Å². The molecule has 1 amide bonds. The molecule has 2 saturated heterocycles. The Morgan fingerprint density at radius 1 is 1.07 bits per heavy atom. The molecule has 3 aromatic rings. The maximum atomic E-state index is 12.9. The number of rotatable bonds is 3. The highest BCUT2D eigenvalue weighted by Crippen LogP contribution is 2.30. The van der Waals surface area contributed by atoms with Crippen molar-refractivity contribution in [2.24, 2.45) is 0 Å². The van der Waals surface area contributed by atoms with E-state index in [1.807, 2.05) is 24.3 Å². The molecule has 0 bridgehead atoms. The Morgan fingerprint density at radius 2 is 1.96 bits per heavy atom. The van der Waals surface area contributed by atoms with Crippen molar-refractivity contribution >= 4 is 27.5 Å². The summed E-state index contributed by atoms with van der Waals surface area (Å²) in [6, 6.07) is 17.4. The van der Waals surface area contributed by atoms with Crippen LogP contribution in [0.1, 0.15) is 36.2 Å². The van der Waals surface area contributed by atoms with Crippen LogP contribution in [-0.2, 0) is 0 Å². The highest BCUT2D eigenvalue weighted by molar-refractivity contribution is 7.13. The van der Waals surface area contributed by atoms with Gasteiger partial charge in [0.15, 0.2) is 0 Å². The van der Waals surface area contributed by atoms with Crippen LogP contribution in [0.25, 0.3) is 21.2 Å². The van der Waals surface area contributed by atoms with Gasteiger partial charge in [0.05, 0.1) is 10.7 Å². The van der Waals surface area contributed by atoms with E-state index < -0.39 is 0 Å². The van der Waals surface area contributed by atoms with Crippen LogP contribution in [-0.4, -0.2) is 40.4 Å². The highest BCUT2D eigenvalue weighted by Gasteiger charge is 2.40. The van der Waals surface area contributed by atoms with Gasteiger partial charge in [-0.15, -0.1) is 0 Å². The average Bonchev–Trinajstić information content (AvgIpc) is 3.03. The molecule has 27 heavy (non-hydrogen) atoms. The number of benzene rings is 2. The number of nitrogens with one attached hydrogen (secondary N) is 1. The lowest BCUT2D eigenvalue weighted by Crippen LogP contribution is -2.66. The first-order chi connectivity index (χ1) is 13.3. The van der Waals surface area contributed by atoms with Gasteiger partial charge in [0, 0.05) is 18.0 Å². The van der Waals surface area contributed by atoms with Gasteiger partial charge in [-0.05, 0) is 48.1 Å². The average molecular weight is 378 g/mol. The fraction of sp³-hybridized carbons (Fsp3) is 0.364. The Balaban J connectivity index is 1.35. The molecule has 1 unspecified atom stereocenters. The molecule has 2 aliphatic heterocycles. The first kappa shape index (κ1) is 16.9. The predicted octanol–water partition coefficient (Wildman–Crippen LogP) is 4.32. The molecule has 1 N–H and O–H groups in total. The predicted molar refractivity (Wildman–Crippen MR) is 110 cm³/mol. The van der Waals surface area contributed by atoms with Gasteiger partial charge < -0.3 is 5.32 Å². The topological polar surface area (TPSA) is 45.2 Å². The number of amides is 1. The maximum absolute atomic E-state index is 12.9. The van der Waals surface area contributed by atoms with Crippen molar-refractivity contribution < 1.29 is 4.79 Å². The number of fused-ring (bicyclic) bond motifs is 2. The van der Waals surface area contributed by atoms with Crippen LogP contribution in [0, 0.1) is 0 Å². The van der Waals surface area contributed by atoms with Crippen molar-refractivity contribution in [3.63, 3.8) is 0 Å². The Kier molecular flexibility index (Phi) is 4.42. The van der Waals surface area contributed by atoms with Crippen LogP contribution in [0.3, 0.4) is 0 Å². The summed E-state index contributed by atoms with van der Waals surface area (Å²) in [5.41, 5.74) is 2.91. The standard InChI is InChI=1S/C22H23N3OS/c26-22(23-18-14-25-12-6-2-5-9-19(18)25)21-17-11-10-16(13-20(17)27-24-21)15-7-3-1-4-8-15/h1,3-4,7-8,10-11,13,18-19H,2,5-6,9,12,14H2,(H,23,26)/t18-,19?/m1/s1. The third-order valence-corrected chi connectivity index (χ3v) is 6.73. The van der Waals surface area contributed by atoms with Gasteiger partial charge >= 0.3 is 0 Å². The Labute approximate surface area is 163 Å². The van der Waals surface area contributed by atoms with Crippen LogP contribution in [0.4, 0.5) is 0 Å². The number of aromatic nitrogens is 1. The molecule has 1 aromatic heterocycles. The number of hydrogen-bond donors (Lipinski definition) is 1. The molecule has 3 heterocycles. The second-order valence-electron chi connectivity index (χ2n) is 7.60. The summed E-state index contributed by atoms with van der Waals surface area (Å²) in [5.74, 6) is -0.0254. The van der Waals surface area contributed by atoms with E-state index >= 15 is 0 Å². The van der Waals surface area contributed by atoms with Crippen LogP contribution in [0.15, 0.2) is 48.5 Å². The summed E-state index contributed by atoms with van der Waals surface area (Å²) in [5, 5.41) is 4.20. The molecule has 2 aromatic carbocycles. The van der Waals surface area contributed by atoms with Crippen LogP contribution in [0.2, 0.25) is 0 Å². The largest absolute Gasteiger partial charge is 0.345 e. The van der Waals surface area contributed by atoms with E-state index in [0.717, 1.165) is 22.2 Å². The Morgan fingerprint density at radius 3 is 2.85 bits per heavy atom. The number of nitrogens with zero attached hydrogens (tertiary/aromatic N) is 2. The second kappa shape index (κ2) is 7.06. The molecule has 0 saturated carbocycles. The third-order valence-electron chi connectivity index (χ3n) is 5.92. The molecule has 2 fully saturated rings. The van der Waals surface area contributed by atoms with E-state index in [1.54, 1.807) is 0 Å². The van der Waals surface area contributed by atoms with Gasteiger partial charge in [0.25, 0.3) is 5.91 Å². The summed E-state index contributed by atoms with van der Waals surface area (Å²) in [7, 11) is 0. The smallest absolute Gasteiger partial charge is 0.271 e. The Bertz CT molecular complexity index is 968. The quantitative estimate of drug-likeness (QED) is 0.739. The van der Waals surface area contributed by atoms with Gasteiger partial charge in [-0.3, -0.25) is 9.69 Å². The van der Waals surface area contributed by atoms with E-state index in [1.165, 1.54) is 49.3 Å². The molecule has 0 aliphatic carbocycles. The molecule has 5 heteroatoms. The van der Waals surface area contributed by atoms with E-state index in [0.29, 0.717) is 11.7 Å². The summed E-state index contributed by atoms with van der Waals surface area (Å²) in [4.78, 5) is 15.4. The van der Waals surface area contributed by atoms with Gasteiger partial charge in [-0.25, -0.2) is 0 Å². The molecule has 2 atom stereocenters. The zero-order valence-corrected chi connectivity index (χ0v) is 16.0. The minimum Gasteiger partial charge on any atom is -0.345 e. The molecule has 2 aliphatic rings. The molecule has 138 valence electrons.